The van der Waals surface area contributed by atoms with E-state index in [0.29, 0.717) is 0 Å². The minimum Gasteiger partial charge on any atom is -0.468 e. The van der Waals surface area contributed by atoms with Crippen molar-refractivity contribution in [3.63, 3.8) is 0 Å². The summed E-state index contributed by atoms with van der Waals surface area (Å²) < 4.78 is 28.5. The maximum Gasteiger partial charge on any atom is 0.350 e. The van der Waals surface area contributed by atoms with Gasteiger partial charge in [0.05, 0.1) is 7.11 Å². The molecule has 0 aromatic heterocycles. The molecular formula is C5H6Cl2F2O2. The Bertz CT molecular complexity index is 164. The molecule has 0 saturated heterocycles. The second-order valence-electron chi connectivity index (χ2n) is 1.99. The largest absolute Gasteiger partial charge is 0.468 e. The Morgan fingerprint density at radius 1 is 1.45 bits per heavy atom. The predicted octanol–water partition coefficient (Wildman–Crippen LogP) is 1.99. The van der Waals surface area contributed by atoms with Gasteiger partial charge in [0, 0.05) is 0 Å². The number of halogens is 4. The highest BCUT2D eigenvalue weighted by atomic mass is 35.5. The second-order valence-corrected chi connectivity index (χ2v) is 3.22. The number of esters is 1. The Balaban J connectivity index is 4.59. The van der Waals surface area contributed by atoms with Crippen LogP contribution in [0.15, 0.2) is 0 Å². The van der Waals surface area contributed by atoms with E-state index in [-0.39, 0.29) is 0 Å². The zero-order chi connectivity index (χ0) is 9.28. The van der Waals surface area contributed by atoms with Crippen molar-refractivity contribution >= 4 is 29.2 Å². The first-order valence-corrected chi connectivity index (χ1v) is 3.33. The Morgan fingerprint density at radius 2 is 1.82 bits per heavy atom. The molecule has 0 aliphatic heterocycles. The van der Waals surface area contributed by atoms with Gasteiger partial charge >= 0.3 is 11.4 Å². The van der Waals surface area contributed by atoms with Crippen molar-refractivity contribution in [1.82, 2.24) is 0 Å². The smallest absolute Gasteiger partial charge is 0.350 e. The van der Waals surface area contributed by atoms with Gasteiger partial charge in [-0.15, -0.1) is 0 Å². The van der Waals surface area contributed by atoms with Gasteiger partial charge in [0.1, 0.15) is 0 Å². The van der Waals surface area contributed by atoms with Crippen LogP contribution in [0.2, 0.25) is 0 Å². The SMILES string of the molecule is COC(=O)C(C)(Cl)C(F)(F)Cl. The first-order chi connectivity index (χ1) is 4.73. The second kappa shape index (κ2) is 3.11. The Labute approximate surface area is 72.4 Å². The van der Waals surface area contributed by atoms with E-state index >= 15 is 0 Å². The van der Waals surface area contributed by atoms with Crippen molar-refractivity contribution in [2.24, 2.45) is 0 Å². The summed E-state index contributed by atoms with van der Waals surface area (Å²) in [5.74, 6) is -1.26. The van der Waals surface area contributed by atoms with Gasteiger partial charge in [-0.05, 0) is 18.5 Å². The van der Waals surface area contributed by atoms with E-state index in [2.05, 4.69) is 16.3 Å². The van der Waals surface area contributed by atoms with Crippen molar-refractivity contribution in [1.29, 1.82) is 0 Å². The fourth-order valence-corrected chi connectivity index (χ4v) is 0.462. The van der Waals surface area contributed by atoms with Crippen molar-refractivity contribution in [2.45, 2.75) is 17.2 Å². The van der Waals surface area contributed by atoms with Gasteiger partial charge in [0.25, 0.3) is 0 Å². The minimum absolute atomic E-state index is 0.785. The van der Waals surface area contributed by atoms with Crippen LogP contribution in [-0.4, -0.2) is 23.3 Å². The van der Waals surface area contributed by atoms with Crippen LogP contribution in [0.4, 0.5) is 8.78 Å². The Morgan fingerprint density at radius 3 is 1.91 bits per heavy atom. The molecule has 0 aliphatic carbocycles. The number of hydrogen-bond acceptors (Lipinski definition) is 2. The van der Waals surface area contributed by atoms with E-state index in [0.717, 1.165) is 14.0 Å². The van der Waals surface area contributed by atoms with Gasteiger partial charge < -0.3 is 4.74 Å². The summed E-state index contributed by atoms with van der Waals surface area (Å²) in [6.07, 6.45) is 0. The van der Waals surface area contributed by atoms with Gasteiger partial charge in [0.15, 0.2) is 0 Å². The maximum absolute atomic E-state index is 12.3. The highest BCUT2D eigenvalue weighted by Gasteiger charge is 2.54. The molecule has 0 rings (SSSR count). The first-order valence-electron chi connectivity index (χ1n) is 2.57. The number of rotatable bonds is 2. The zero-order valence-corrected chi connectivity index (χ0v) is 7.34. The van der Waals surface area contributed by atoms with Gasteiger partial charge in [-0.25, -0.2) is 4.79 Å². The van der Waals surface area contributed by atoms with Gasteiger partial charge in [-0.2, -0.15) is 8.78 Å². The highest BCUT2D eigenvalue weighted by Crippen LogP contribution is 2.38. The first kappa shape index (κ1) is 10.9. The van der Waals surface area contributed by atoms with E-state index in [1.54, 1.807) is 0 Å². The molecule has 0 heterocycles. The fourth-order valence-electron chi connectivity index (χ4n) is 0.307. The van der Waals surface area contributed by atoms with Gasteiger partial charge in [-0.1, -0.05) is 11.6 Å². The molecule has 11 heavy (non-hydrogen) atoms. The number of alkyl halides is 4. The molecule has 1 unspecified atom stereocenters. The van der Waals surface area contributed by atoms with Crippen LogP contribution in [0, 0.1) is 0 Å². The predicted molar refractivity (Wildman–Crippen MR) is 37.1 cm³/mol. The summed E-state index contributed by atoms with van der Waals surface area (Å²) in [4.78, 5) is 8.05. The molecule has 0 aliphatic rings. The lowest BCUT2D eigenvalue weighted by Crippen LogP contribution is -2.44. The summed E-state index contributed by atoms with van der Waals surface area (Å²) in [5, 5.41) is -3.82. The molecule has 0 aromatic carbocycles. The fraction of sp³-hybridized carbons (Fsp3) is 0.800. The number of methoxy groups -OCH3 is 1. The van der Waals surface area contributed by atoms with Crippen LogP contribution < -0.4 is 0 Å². The lowest BCUT2D eigenvalue weighted by Gasteiger charge is -2.23. The zero-order valence-electron chi connectivity index (χ0n) is 5.83. The van der Waals surface area contributed by atoms with E-state index in [9.17, 15) is 13.6 Å². The molecule has 0 amide bonds. The molecule has 6 heteroatoms. The summed E-state index contributed by atoms with van der Waals surface area (Å²) in [7, 11) is 0.950. The van der Waals surface area contributed by atoms with E-state index < -0.39 is 16.2 Å². The molecule has 1 atom stereocenters. The summed E-state index contributed by atoms with van der Waals surface area (Å²) in [5.41, 5.74) is 0. The molecule has 66 valence electrons. The molecule has 0 bridgehead atoms. The third-order valence-electron chi connectivity index (χ3n) is 1.10. The van der Waals surface area contributed by atoms with Crippen LogP contribution in [-0.2, 0) is 9.53 Å². The molecule has 0 saturated carbocycles. The monoisotopic (exact) mass is 206 g/mol. The molecule has 2 nitrogen and oxygen atoms in total. The Kier molecular flexibility index (Phi) is 3.08. The van der Waals surface area contributed by atoms with Crippen LogP contribution >= 0.6 is 23.2 Å². The van der Waals surface area contributed by atoms with Gasteiger partial charge in [0.2, 0.25) is 4.87 Å². The van der Waals surface area contributed by atoms with Crippen LogP contribution in [0.3, 0.4) is 0 Å². The standard InChI is InChI=1S/C5H6Cl2F2O2/c1-4(6,3(10)11-2)5(7,8)9/h1-2H3. The highest BCUT2D eigenvalue weighted by molar-refractivity contribution is 6.40. The van der Waals surface area contributed by atoms with Crippen LogP contribution in [0.25, 0.3) is 0 Å². The minimum atomic E-state index is -3.82. The number of carbonyl (C=O) groups is 1. The molecule has 0 spiro atoms. The normalized spacial score (nSPS) is 17.3. The van der Waals surface area contributed by atoms with Crippen molar-refractivity contribution in [3.05, 3.63) is 0 Å². The maximum atomic E-state index is 12.3. The third-order valence-corrected chi connectivity index (χ3v) is 1.97. The average Bonchev–Trinajstić information content (AvgIpc) is 1.83. The number of ether oxygens (including phenoxy) is 1. The summed E-state index contributed by atoms with van der Waals surface area (Å²) >= 11 is 9.64. The lowest BCUT2D eigenvalue weighted by atomic mass is 10.2. The van der Waals surface area contributed by atoms with Crippen molar-refractivity contribution in [2.75, 3.05) is 7.11 Å². The lowest BCUT2D eigenvalue weighted by molar-refractivity contribution is -0.149. The van der Waals surface area contributed by atoms with E-state index in [1.807, 2.05) is 0 Å². The quantitative estimate of drug-likeness (QED) is 0.511. The number of hydrogen-bond donors (Lipinski definition) is 0. The van der Waals surface area contributed by atoms with Crippen molar-refractivity contribution in [3.8, 4) is 0 Å². The van der Waals surface area contributed by atoms with E-state index in [1.165, 1.54) is 0 Å². The van der Waals surface area contributed by atoms with Crippen LogP contribution in [0.5, 0.6) is 0 Å². The van der Waals surface area contributed by atoms with Crippen LogP contribution in [0.1, 0.15) is 6.92 Å². The summed E-state index contributed by atoms with van der Waals surface area (Å²) in [6, 6.07) is 0. The van der Waals surface area contributed by atoms with Gasteiger partial charge in [-0.3, -0.25) is 0 Å². The Hall–Kier alpha value is -0.0900. The molecule has 0 fully saturated rings. The average molecular weight is 207 g/mol. The number of carbonyl (C=O) groups excluding carboxylic acids is 1. The molecule has 0 radical (unpaired) electrons. The van der Waals surface area contributed by atoms with E-state index in [4.69, 9.17) is 11.6 Å². The molecule has 0 aromatic rings. The molecular weight excluding hydrogens is 201 g/mol. The third kappa shape index (κ3) is 2.17. The summed E-state index contributed by atoms with van der Waals surface area (Å²) in [6.45, 7) is 0.785. The molecule has 0 N–H and O–H groups in total. The van der Waals surface area contributed by atoms with Crippen molar-refractivity contribution < 1.29 is 18.3 Å². The topological polar surface area (TPSA) is 26.3 Å².